The average Bonchev–Trinajstić information content (AvgIpc) is 2.70. The molecule has 1 heterocycles. The number of guanidine groups is 1. The molecule has 0 saturated carbocycles. The van der Waals surface area contributed by atoms with Gasteiger partial charge in [-0.3, -0.25) is 4.98 Å². The van der Waals surface area contributed by atoms with Gasteiger partial charge >= 0.3 is 0 Å². The summed E-state index contributed by atoms with van der Waals surface area (Å²) in [6, 6.07) is 18.2. The molecule has 1 aromatic heterocycles. The van der Waals surface area contributed by atoms with Gasteiger partial charge in [0.2, 0.25) is 0 Å². The summed E-state index contributed by atoms with van der Waals surface area (Å²) in [7, 11) is 1.67. The zero-order valence-electron chi connectivity index (χ0n) is 15.2. The Balaban J connectivity index is 1.69. The molecule has 0 amide bonds. The Bertz CT molecular complexity index is 869. The molecule has 2 aromatic carbocycles. The van der Waals surface area contributed by atoms with Gasteiger partial charge in [0.15, 0.2) is 5.96 Å². The molecule has 0 spiro atoms. The van der Waals surface area contributed by atoms with Crippen LogP contribution in [0.2, 0.25) is 0 Å². The van der Waals surface area contributed by atoms with Crippen molar-refractivity contribution in [1.82, 2.24) is 15.6 Å². The second kappa shape index (κ2) is 8.85. The third kappa shape index (κ3) is 4.51. The van der Waals surface area contributed by atoms with Gasteiger partial charge in [-0.05, 0) is 36.2 Å². The lowest BCUT2D eigenvalue weighted by molar-refractivity contribution is 0.414. The van der Waals surface area contributed by atoms with Crippen LogP contribution in [0, 0.1) is 0 Å². The summed E-state index contributed by atoms with van der Waals surface area (Å²) >= 11 is 0. The standard InChI is InChI=1S/C21H24N4O/c1-3-22-21(24-14-16-9-11-19(26-2)12-10-16)25-15-18-7-4-6-17-8-5-13-23-20(17)18/h4-13H,3,14-15H2,1-2H3,(H2,22,24,25). The number of aromatic nitrogens is 1. The van der Waals surface area contributed by atoms with Crippen molar-refractivity contribution in [2.45, 2.75) is 20.0 Å². The minimum atomic E-state index is 0.604. The van der Waals surface area contributed by atoms with Crippen molar-refractivity contribution in [2.75, 3.05) is 13.7 Å². The number of benzene rings is 2. The third-order valence-corrected chi connectivity index (χ3v) is 4.09. The lowest BCUT2D eigenvalue weighted by Gasteiger charge is -2.12. The first kappa shape index (κ1) is 17.7. The maximum absolute atomic E-state index is 5.19. The number of nitrogens with zero attached hydrogens (tertiary/aromatic N) is 2. The molecule has 0 saturated heterocycles. The van der Waals surface area contributed by atoms with Gasteiger partial charge in [0, 0.05) is 24.7 Å². The monoisotopic (exact) mass is 348 g/mol. The van der Waals surface area contributed by atoms with Crippen molar-refractivity contribution in [2.24, 2.45) is 4.99 Å². The summed E-state index contributed by atoms with van der Waals surface area (Å²) in [5.41, 5.74) is 3.31. The zero-order valence-corrected chi connectivity index (χ0v) is 15.2. The molecule has 2 N–H and O–H groups in total. The van der Waals surface area contributed by atoms with E-state index in [9.17, 15) is 0 Å². The lowest BCUT2D eigenvalue weighted by Crippen LogP contribution is -2.36. The van der Waals surface area contributed by atoms with Crippen molar-refractivity contribution in [3.63, 3.8) is 0 Å². The highest BCUT2D eigenvalue weighted by Gasteiger charge is 2.03. The highest BCUT2D eigenvalue weighted by Crippen LogP contribution is 2.15. The molecule has 5 nitrogen and oxygen atoms in total. The Morgan fingerprint density at radius 1 is 1.04 bits per heavy atom. The van der Waals surface area contributed by atoms with E-state index in [0.29, 0.717) is 13.1 Å². The summed E-state index contributed by atoms with van der Waals surface area (Å²) in [6.07, 6.45) is 1.83. The van der Waals surface area contributed by atoms with Crippen molar-refractivity contribution in [3.05, 3.63) is 71.9 Å². The van der Waals surface area contributed by atoms with Crippen molar-refractivity contribution in [1.29, 1.82) is 0 Å². The number of pyridine rings is 1. The number of nitrogens with one attached hydrogen (secondary N) is 2. The predicted molar refractivity (Wildman–Crippen MR) is 106 cm³/mol. The van der Waals surface area contributed by atoms with E-state index in [2.05, 4.69) is 51.8 Å². The van der Waals surface area contributed by atoms with E-state index in [-0.39, 0.29) is 0 Å². The highest BCUT2D eigenvalue weighted by molar-refractivity contribution is 5.83. The Kier molecular flexibility index (Phi) is 6.04. The first-order valence-electron chi connectivity index (χ1n) is 8.78. The molecule has 0 aliphatic heterocycles. The van der Waals surface area contributed by atoms with Crippen LogP contribution in [0.25, 0.3) is 10.9 Å². The Morgan fingerprint density at radius 2 is 1.85 bits per heavy atom. The van der Waals surface area contributed by atoms with E-state index >= 15 is 0 Å². The van der Waals surface area contributed by atoms with Crippen molar-refractivity contribution < 1.29 is 4.74 Å². The van der Waals surface area contributed by atoms with Gasteiger partial charge in [-0.15, -0.1) is 0 Å². The van der Waals surface area contributed by atoms with Crippen molar-refractivity contribution >= 4 is 16.9 Å². The molecule has 0 fully saturated rings. The van der Waals surface area contributed by atoms with Gasteiger partial charge in [0.25, 0.3) is 0 Å². The van der Waals surface area contributed by atoms with Gasteiger partial charge in [-0.2, -0.15) is 0 Å². The molecule has 0 aliphatic rings. The van der Waals surface area contributed by atoms with E-state index in [0.717, 1.165) is 40.3 Å². The molecular formula is C21H24N4O. The summed E-state index contributed by atoms with van der Waals surface area (Å²) in [5, 5.41) is 7.83. The number of hydrogen-bond acceptors (Lipinski definition) is 3. The lowest BCUT2D eigenvalue weighted by atomic mass is 10.1. The molecule has 0 radical (unpaired) electrons. The van der Waals surface area contributed by atoms with Crippen molar-refractivity contribution in [3.8, 4) is 5.75 Å². The minimum Gasteiger partial charge on any atom is -0.497 e. The van der Waals surface area contributed by atoms with Crippen LogP contribution < -0.4 is 15.4 Å². The summed E-state index contributed by atoms with van der Waals surface area (Å²) < 4.78 is 5.19. The summed E-state index contributed by atoms with van der Waals surface area (Å²) in [5.74, 6) is 1.64. The van der Waals surface area contributed by atoms with Gasteiger partial charge in [0.05, 0.1) is 19.2 Å². The number of methoxy groups -OCH3 is 1. The van der Waals surface area contributed by atoms with Crippen LogP contribution >= 0.6 is 0 Å². The van der Waals surface area contributed by atoms with Crippen LogP contribution in [0.4, 0.5) is 0 Å². The van der Waals surface area contributed by atoms with Crippen LogP contribution in [-0.2, 0) is 13.1 Å². The molecule has 134 valence electrons. The van der Waals surface area contributed by atoms with Crippen LogP contribution in [-0.4, -0.2) is 24.6 Å². The Hall–Kier alpha value is -3.08. The Labute approximate surface area is 154 Å². The smallest absolute Gasteiger partial charge is 0.191 e. The van der Waals surface area contributed by atoms with E-state index in [4.69, 9.17) is 4.74 Å². The second-order valence-electron chi connectivity index (χ2n) is 5.89. The van der Waals surface area contributed by atoms with E-state index in [1.807, 2.05) is 36.5 Å². The predicted octanol–water partition coefficient (Wildman–Crippen LogP) is 3.50. The number of rotatable bonds is 6. The number of hydrogen-bond donors (Lipinski definition) is 2. The van der Waals surface area contributed by atoms with Gasteiger partial charge in [-0.1, -0.05) is 36.4 Å². The topological polar surface area (TPSA) is 58.5 Å². The summed E-state index contributed by atoms with van der Waals surface area (Å²) in [6.45, 7) is 4.14. The fourth-order valence-electron chi connectivity index (χ4n) is 2.73. The number of ether oxygens (including phenoxy) is 1. The van der Waals surface area contributed by atoms with E-state index < -0.39 is 0 Å². The number of aliphatic imine (C=N–C) groups is 1. The molecule has 0 unspecified atom stereocenters. The largest absolute Gasteiger partial charge is 0.497 e. The number of para-hydroxylation sites is 1. The third-order valence-electron chi connectivity index (χ3n) is 4.09. The second-order valence-corrected chi connectivity index (χ2v) is 5.89. The maximum Gasteiger partial charge on any atom is 0.191 e. The van der Waals surface area contributed by atoms with Crippen LogP contribution in [0.15, 0.2) is 65.8 Å². The van der Waals surface area contributed by atoms with Crippen LogP contribution in [0.3, 0.4) is 0 Å². The van der Waals surface area contributed by atoms with Crippen LogP contribution in [0.5, 0.6) is 5.75 Å². The average molecular weight is 348 g/mol. The normalized spacial score (nSPS) is 11.4. The molecule has 26 heavy (non-hydrogen) atoms. The molecular weight excluding hydrogens is 324 g/mol. The SMILES string of the molecule is CCNC(=NCc1ccc(OC)cc1)NCc1cccc2cccnc12. The highest BCUT2D eigenvalue weighted by atomic mass is 16.5. The molecule has 3 rings (SSSR count). The molecule has 0 aliphatic carbocycles. The first-order valence-corrected chi connectivity index (χ1v) is 8.78. The van der Waals surface area contributed by atoms with E-state index in [1.165, 1.54) is 0 Å². The maximum atomic E-state index is 5.19. The van der Waals surface area contributed by atoms with E-state index in [1.54, 1.807) is 7.11 Å². The van der Waals surface area contributed by atoms with Gasteiger partial charge in [0.1, 0.15) is 5.75 Å². The van der Waals surface area contributed by atoms with Gasteiger partial charge < -0.3 is 15.4 Å². The van der Waals surface area contributed by atoms with Crippen LogP contribution in [0.1, 0.15) is 18.1 Å². The number of fused-ring (bicyclic) bond motifs is 1. The quantitative estimate of drug-likeness (QED) is 0.529. The molecule has 0 atom stereocenters. The minimum absolute atomic E-state index is 0.604. The fraction of sp³-hybridized carbons (Fsp3) is 0.238. The summed E-state index contributed by atoms with van der Waals surface area (Å²) in [4.78, 5) is 9.17. The van der Waals surface area contributed by atoms with Gasteiger partial charge in [-0.25, -0.2) is 4.99 Å². The Morgan fingerprint density at radius 3 is 2.62 bits per heavy atom. The molecule has 5 heteroatoms. The zero-order chi connectivity index (χ0) is 18.2. The molecule has 0 bridgehead atoms. The first-order chi connectivity index (χ1) is 12.8. The fourth-order valence-corrected chi connectivity index (χ4v) is 2.73. The molecule has 3 aromatic rings.